The zero-order valence-electron chi connectivity index (χ0n) is 12.9. The molecular formula is C17H30O. The van der Waals surface area contributed by atoms with E-state index < -0.39 is 0 Å². The van der Waals surface area contributed by atoms with Crippen molar-refractivity contribution in [3.8, 4) is 0 Å². The van der Waals surface area contributed by atoms with E-state index in [4.69, 9.17) is 0 Å². The highest BCUT2D eigenvalue weighted by Crippen LogP contribution is 2.64. The molecule has 2 rings (SSSR count). The fourth-order valence-electron chi connectivity index (χ4n) is 4.16. The molecule has 2 saturated carbocycles. The van der Waals surface area contributed by atoms with Gasteiger partial charge in [0.1, 0.15) is 5.78 Å². The summed E-state index contributed by atoms with van der Waals surface area (Å²) in [5, 5.41) is 0. The summed E-state index contributed by atoms with van der Waals surface area (Å²) in [6, 6.07) is 0. The van der Waals surface area contributed by atoms with Gasteiger partial charge in [0.15, 0.2) is 0 Å². The molecule has 0 N–H and O–H groups in total. The average Bonchev–Trinajstić information content (AvgIpc) is 2.66. The van der Waals surface area contributed by atoms with E-state index in [2.05, 4.69) is 27.4 Å². The van der Waals surface area contributed by atoms with Crippen molar-refractivity contribution in [2.75, 3.05) is 0 Å². The Balaban J connectivity index is 0.000000771. The van der Waals surface area contributed by atoms with Crippen LogP contribution in [0, 0.1) is 16.7 Å². The van der Waals surface area contributed by atoms with E-state index in [-0.39, 0.29) is 10.8 Å². The first-order valence-corrected chi connectivity index (χ1v) is 7.66. The van der Waals surface area contributed by atoms with E-state index in [9.17, 15) is 4.79 Å². The smallest absolute Gasteiger partial charge is 0.136 e. The SMILES string of the molecule is C=C(CC)C1(C)CCC2C(=O)CCCC21C.CC. The molecule has 0 amide bonds. The van der Waals surface area contributed by atoms with Gasteiger partial charge in [0, 0.05) is 12.3 Å². The number of Topliss-reactive ketones (excluding diaryl/α,β-unsaturated/α-hetero) is 1. The normalized spacial score (nSPS) is 38.7. The zero-order valence-corrected chi connectivity index (χ0v) is 12.9. The van der Waals surface area contributed by atoms with Crippen LogP contribution in [0.15, 0.2) is 12.2 Å². The molecule has 3 atom stereocenters. The highest BCUT2D eigenvalue weighted by molar-refractivity contribution is 5.83. The molecule has 0 aromatic rings. The first-order valence-electron chi connectivity index (χ1n) is 7.66. The Morgan fingerprint density at radius 1 is 1.33 bits per heavy atom. The van der Waals surface area contributed by atoms with Crippen molar-refractivity contribution in [3.63, 3.8) is 0 Å². The van der Waals surface area contributed by atoms with Gasteiger partial charge in [0.2, 0.25) is 0 Å². The molecule has 0 bridgehead atoms. The third-order valence-corrected chi connectivity index (χ3v) is 5.68. The van der Waals surface area contributed by atoms with Gasteiger partial charge < -0.3 is 0 Å². The topological polar surface area (TPSA) is 17.1 Å². The summed E-state index contributed by atoms with van der Waals surface area (Å²) in [5.41, 5.74) is 1.74. The number of fused-ring (bicyclic) bond motifs is 1. The first kappa shape index (κ1) is 15.5. The second-order valence-corrected chi connectivity index (χ2v) is 6.12. The number of hydrogen-bond donors (Lipinski definition) is 0. The Kier molecular flexibility index (Phi) is 4.80. The Bertz CT molecular complexity index is 331. The predicted molar refractivity (Wildman–Crippen MR) is 78.6 cm³/mol. The van der Waals surface area contributed by atoms with Crippen molar-refractivity contribution in [1.29, 1.82) is 0 Å². The van der Waals surface area contributed by atoms with Crippen LogP contribution in [0.1, 0.15) is 73.1 Å². The summed E-state index contributed by atoms with van der Waals surface area (Å²) in [6.45, 7) is 15.1. The Morgan fingerprint density at radius 2 is 1.94 bits per heavy atom. The van der Waals surface area contributed by atoms with E-state index in [0.29, 0.717) is 11.7 Å². The van der Waals surface area contributed by atoms with Crippen molar-refractivity contribution < 1.29 is 4.79 Å². The van der Waals surface area contributed by atoms with Crippen molar-refractivity contribution in [1.82, 2.24) is 0 Å². The molecule has 0 saturated heterocycles. The molecule has 2 aliphatic rings. The molecular weight excluding hydrogens is 220 g/mol. The maximum Gasteiger partial charge on any atom is 0.136 e. The van der Waals surface area contributed by atoms with Crippen molar-refractivity contribution in [2.24, 2.45) is 16.7 Å². The molecule has 3 unspecified atom stereocenters. The van der Waals surface area contributed by atoms with Gasteiger partial charge in [-0.2, -0.15) is 0 Å². The number of carbonyl (C=O) groups is 1. The Hall–Kier alpha value is -0.590. The van der Waals surface area contributed by atoms with Crippen LogP contribution >= 0.6 is 0 Å². The largest absolute Gasteiger partial charge is 0.299 e. The lowest BCUT2D eigenvalue weighted by Crippen LogP contribution is -2.43. The molecule has 2 fully saturated rings. The van der Waals surface area contributed by atoms with Gasteiger partial charge in [-0.1, -0.05) is 46.8 Å². The van der Waals surface area contributed by atoms with Crippen molar-refractivity contribution in [2.45, 2.75) is 73.1 Å². The van der Waals surface area contributed by atoms with Gasteiger partial charge in [0.05, 0.1) is 0 Å². The Labute approximate surface area is 113 Å². The van der Waals surface area contributed by atoms with Crippen LogP contribution < -0.4 is 0 Å². The molecule has 104 valence electrons. The van der Waals surface area contributed by atoms with E-state index in [0.717, 1.165) is 32.1 Å². The van der Waals surface area contributed by atoms with Gasteiger partial charge >= 0.3 is 0 Å². The average molecular weight is 250 g/mol. The van der Waals surface area contributed by atoms with Crippen LogP contribution in [0.3, 0.4) is 0 Å². The zero-order chi connectivity index (χ0) is 14.0. The summed E-state index contributed by atoms with van der Waals surface area (Å²) < 4.78 is 0. The fourth-order valence-corrected chi connectivity index (χ4v) is 4.16. The highest BCUT2D eigenvalue weighted by Gasteiger charge is 2.58. The van der Waals surface area contributed by atoms with Crippen molar-refractivity contribution in [3.05, 3.63) is 12.2 Å². The van der Waals surface area contributed by atoms with E-state index in [1.807, 2.05) is 13.8 Å². The summed E-state index contributed by atoms with van der Waals surface area (Å²) in [4.78, 5) is 12.0. The number of ketones is 1. The van der Waals surface area contributed by atoms with Gasteiger partial charge in [-0.25, -0.2) is 0 Å². The number of hydrogen-bond acceptors (Lipinski definition) is 1. The number of rotatable bonds is 2. The van der Waals surface area contributed by atoms with E-state index in [1.165, 1.54) is 12.0 Å². The third-order valence-electron chi connectivity index (χ3n) is 5.68. The molecule has 0 aliphatic heterocycles. The molecule has 1 heteroatoms. The van der Waals surface area contributed by atoms with Gasteiger partial charge in [-0.15, -0.1) is 0 Å². The van der Waals surface area contributed by atoms with Crippen LogP contribution in [0.2, 0.25) is 0 Å². The van der Waals surface area contributed by atoms with Crippen LogP contribution in [0.25, 0.3) is 0 Å². The quantitative estimate of drug-likeness (QED) is 0.619. The molecule has 2 aliphatic carbocycles. The molecule has 0 aromatic heterocycles. The second-order valence-electron chi connectivity index (χ2n) is 6.12. The van der Waals surface area contributed by atoms with Crippen LogP contribution in [0.5, 0.6) is 0 Å². The maximum absolute atomic E-state index is 12.0. The standard InChI is InChI=1S/C15H24O.C2H6/c1-5-11(2)14(3)10-8-12-13(16)7-6-9-15(12,14)4;1-2/h12H,2,5-10H2,1,3-4H3;1-2H3. The van der Waals surface area contributed by atoms with Gasteiger partial charge in [-0.3, -0.25) is 4.79 Å². The summed E-state index contributed by atoms with van der Waals surface area (Å²) >= 11 is 0. The second kappa shape index (κ2) is 5.59. The van der Waals surface area contributed by atoms with Crippen LogP contribution in [-0.4, -0.2) is 5.78 Å². The minimum atomic E-state index is 0.190. The molecule has 0 radical (unpaired) electrons. The Morgan fingerprint density at radius 3 is 2.50 bits per heavy atom. The summed E-state index contributed by atoms with van der Waals surface area (Å²) in [5.74, 6) is 0.830. The highest BCUT2D eigenvalue weighted by atomic mass is 16.1. The predicted octanol–water partition coefficient (Wildman–Crippen LogP) is 5.15. The van der Waals surface area contributed by atoms with Gasteiger partial charge in [-0.05, 0) is 42.9 Å². The van der Waals surface area contributed by atoms with Crippen LogP contribution in [0.4, 0.5) is 0 Å². The number of carbonyl (C=O) groups excluding carboxylic acids is 1. The lowest BCUT2D eigenvalue weighted by atomic mass is 9.56. The minimum Gasteiger partial charge on any atom is -0.299 e. The molecule has 0 aromatic carbocycles. The van der Waals surface area contributed by atoms with Gasteiger partial charge in [0.25, 0.3) is 0 Å². The molecule has 1 nitrogen and oxygen atoms in total. The fraction of sp³-hybridized carbons (Fsp3) is 0.824. The minimum absolute atomic E-state index is 0.190. The number of allylic oxidation sites excluding steroid dienone is 1. The summed E-state index contributed by atoms with van der Waals surface area (Å²) in [7, 11) is 0. The lowest BCUT2D eigenvalue weighted by molar-refractivity contribution is -0.130. The molecule has 0 heterocycles. The third kappa shape index (κ3) is 2.06. The van der Waals surface area contributed by atoms with E-state index in [1.54, 1.807) is 0 Å². The van der Waals surface area contributed by atoms with E-state index >= 15 is 0 Å². The lowest BCUT2D eigenvalue weighted by Gasteiger charge is -2.47. The monoisotopic (exact) mass is 250 g/mol. The molecule has 0 spiro atoms. The van der Waals surface area contributed by atoms with Crippen LogP contribution in [-0.2, 0) is 4.79 Å². The van der Waals surface area contributed by atoms with Crippen molar-refractivity contribution >= 4 is 5.78 Å². The summed E-state index contributed by atoms with van der Waals surface area (Å²) in [6.07, 6.45) is 6.40. The molecule has 18 heavy (non-hydrogen) atoms. The maximum atomic E-state index is 12.0. The first-order chi connectivity index (χ1) is 8.45.